The van der Waals surface area contributed by atoms with Gasteiger partial charge in [0, 0.05) is 35.4 Å². The molecular weight excluding hydrogens is 492 g/mol. The number of rotatable bonds is 15. The van der Waals surface area contributed by atoms with Gasteiger partial charge in [0.25, 0.3) is 0 Å². The average molecular weight is 527 g/mol. The van der Waals surface area contributed by atoms with Crippen molar-refractivity contribution in [3.05, 3.63) is 54.2 Å². The van der Waals surface area contributed by atoms with Gasteiger partial charge < -0.3 is 42.5 Å². The number of carboxylic acid groups (broad SMARTS) is 1. The van der Waals surface area contributed by atoms with Crippen LogP contribution in [0.4, 0.5) is 0 Å². The van der Waals surface area contributed by atoms with E-state index in [2.05, 4.69) is 30.9 Å². The number of nitrogens with two attached hydrogens (primary N) is 2. The van der Waals surface area contributed by atoms with Crippen LogP contribution < -0.4 is 27.4 Å². The van der Waals surface area contributed by atoms with Gasteiger partial charge in [-0.05, 0) is 43.9 Å². The highest BCUT2D eigenvalue weighted by molar-refractivity contribution is 5.94. The SMILES string of the molecule is NCCCCC(NC(=O)C(N)Cc1c[nH]c2ccccc12)C(=O)NC(Cc1cnc[nH]1)C(=O)NCC(=O)O. The third-order valence-electron chi connectivity index (χ3n) is 6.06. The maximum absolute atomic E-state index is 13.2. The Morgan fingerprint density at radius 3 is 2.45 bits per heavy atom. The van der Waals surface area contributed by atoms with Crippen molar-refractivity contribution in [1.29, 1.82) is 0 Å². The second-order valence-corrected chi connectivity index (χ2v) is 8.97. The highest BCUT2D eigenvalue weighted by Crippen LogP contribution is 2.19. The molecule has 0 radical (unpaired) electrons. The summed E-state index contributed by atoms with van der Waals surface area (Å²) in [6.45, 7) is -0.185. The minimum atomic E-state index is -1.22. The predicted octanol–water partition coefficient (Wildman–Crippen LogP) is -0.697. The number of amides is 3. The van der Waals surface area contributed by atoms with Gasteiger partial charge >= 0.3 is 5.97 Å². The summed E-state index contributed by atoms with van der Waals surface area (Å²) in [5.74, 6) is -3.01. The van der Waals surface area contributed by atoms with E-state index in [1.165, 1.54) is 12.5 Å². The molecule has 3 aromatic rings. The van der Waals surface area contributed by atoms with Gasteiger partial charge in [-0.3, -0.25) is 19.2 Å². The van der Waals surface area contributed by atoms with Crippen LogP contribution in [0, 0.1) is 0 Å². The van der Waals surface area contributed by atoms with Gasteiger partial charge in [0.15, 0.2) is 0 Å². The second-order valence-electron chi connectivity index (χ2n) is 8.97. The van der Waals surface area contributed by atoms with Crippen molar-refractivity contribution in [2.45, 2.75) is 50.2 Å². The Morgan fingerprint density at radius 1 is 0.974 bits per heavy atom. The number of aromatic nitrogens is 3. The van der Waals surface area contributed by atoms with Crippen molar-refractivity contribution in [3.8, 4) is 0 Å². The molecule has 0 aliphatic carbocycles. The van der Waals surface area contributed by atoms with E-state index in [9.17, 15) is 19.2 Å². The lowest BCUT2D eigenvalue weighted by atomic mass is 10.0. The zero-order valence-corrected chi connectivity index (χ0v) is 20.9. The number of benzene rings is 1. The zero-order valence-electron chi connectivity index (χ0n) is 20.9. The van der Waals surface area contributed by atoms with Crippen LogP contribution >= 0.6 is 0 Å². The van der Waals surface area contributed by atoms with Gasteiger partial charge in [-0.1, -0.05) is 18.2 Å². The fraction of sp³-hybridized carbons (Fsp3) is 0.400. The monoisotopic (exact) mass is 526 g/mol. The number of H-pyrrole nitrogens is 2. The molecule has 3 atom stereocenters. The zero-order chi connectivity index (χ0) is 27.5. The number of fused-ring (bicyclic) bond motifs is 1. The number of nitrogens with one attached hydrogen (secondary N) is 5. The van der Waals surface area contributed by atoms with Gasteiger partial charge in [0.1, 0.15) is 18.6 Å². The summed E-state index contributed by atoms with van der Waals surface area (Å²) >= 11 is 0. The standard InChI is InChI=1S/C25H34N8O5/c26-8-4-3-7-20(32-23(36)18(27)9-15-11-29-19-6-2-1-5-17(15)19)25(38)33-21(10-16-12-28-14-31-16)24(37)30-13-22(34)35/h1-2,5-6,11-12,14,18,20-21,29H,3-4,7-10,13,26-27H2,(H,28,31)(H,30,37)(H,32,36)(H,33,38)(H,34,35). The van der Waals surface area contributed by atoms with Crippen LogP contribution in [0.15, 0.2) is 43.0 Å². The van der Waals surface area contributed by atoms with Crippen molar-refractivity contribution in [2.24, 2.45) is 11.5 Å². The van der Waals surface area contributed by atoms with Crippen LogP contribution in [0.3, 0.4) is 0 Å². The Hall–Kier alpha value is -4.23. The number of carbonyl (C=O) groups excluding carboxylic acids is 3. The quantitative estimate of drug-likeness (QED) is 0.118. The molecule has 3 rings (SSSR count). The lowest BCUT2D eigenvalue weighted by Crippen LogP contribution is -2.56. The van der Waals surface area contributed by atoms with Gasteiger partial charge in [-0.15, -0.1) is 0 Å². The minimum absolute atomic E-state index is 0.0424. The summed E-state index contributed by atoms with van der Waals surface area (Å²) in [6, 6.07) is 4.67. The maximum atomic E-state index is 13.2. The van der Waals surface area contributed by atoms with Gasteiger partial charge in [-0.25, -0.2) is 4.98 Å². The number of hydrogen-bond donors (Lipinski definition) is 8. The highest BCUT2D eigenvalue weighted by atomic mass is 16.4. The number of unbranched alkanes of at least 4 members (excludes halogenated alkanes) is 1. The van der Waals surface area contributed by atoms with E-state index in [-0.39, 0.29) is 19.3 Å². The molecular formula is C25H34N8O5. The highest BCUT2D eigenvalue weighted by Gasteiger charge is 2.29. The normalized spacial score (nSPS) is 13.4. The summed E-state index contributed by atoms with van der Waals surface area (Å²) in [7, 11) is 0. The number of carboxylic acids is 1. The molecule has 38 heavy (non-hydrogen) atoms. The van der Waals surface area contributed by atoms with Crippen molar-refractivity contribution in [3.63, 3.8) is 0 Å². The fourth-order valence-electron chi connectivity index (χ4n) is 4.05. The first-order valence-electron chi connectivity index (χ1n) is 12.4. The lowest BCUT2D eigenvalue weighted by molar-refractivity contribution is -0.138. The third kappa shape index (κ3) is 8.15. The largest absolute Gasteiger partial charge is 0.480 e. The van der Waals surface area contributed by atoms with Crippen molar-refractivity contribution in [2.75, 3.05) is 13.1 Å². The summed E-state index contributed by atoms with van der Waals surface area (Å²) in [5, 5.41) is 17.5. The van der Waals surface area contributed by atoms with Gasteiger partial charge in [0.2, 0.25) is 17.7 Å². The Bertz CT molecular complexity index is 1230. The molecule has 13 heteroatoms. The molecule has 0 fully saturated rings. The summed E-state index contributed by atoms with van der Waals surface area (Å²) in [6.07, 6.45) is 6.50. The van der Waals surface area contributed by atoms with Crippen LogP contribution in [0.5, 0.6) is 0 Å². The minimum Gasteiger partial charge on any atom is -0.480 e. The Morgan fingerprint density at radius 2 is 1.74 bits per heavy atom. The maximum Gasteiger partial charge on any atom is 0.322 e. The Balaban J connectivity index is 1.69. The van der Waals surface area contributed by atoms with Crippen molar-refractivity contribution >= 4 is 34.6 Å². The number of carbonyl (C=O) groups is 4. The third-order valence-corrected chi connectivity index (χ3v) is 6.06. The molecule has 0 aliphatic heterocycles. The van der Waals surface area contributed by atoms with Crippen LogP contribution in [-0.4, -0.2) is 75.0 Å². The molecule has 0 bridgehead atoms. The van der Waals surface area contributed by atoms with E-state index in [4.69, 9.17) is 16.6 Å². The van der Waals surface area contributed by atoms with Crippen molar-refractivity contribution < 1.29 is 24.3 Å². The number of hydrogen-bond acceptors (Lipinski definition) is 7. The van der Waals surface area contributed by atoms with Gasteiger partial charge in [0.05, 0.1) is 12.4 Å². The molecule has 0 saturated heterocycles. The first kappa shape index (κ1) is 28.3. The van der Waals surface area contributed by atoms with Crippen LogP contribution in [-0.2, 0) is 32.0 Å². The molecule has 0 saturated carbocycles. The molecule has 204 valence electrons. The van der Waals surface area contributed by atoms with Crippen molar-refractivity contribution in [1.82, 2.24) is 30.9 Å². The smallest absolute Gasteiger partial charge is 0.322 e. The van der Waals surface area contributed by atoms with Crippen LogP contribution in [0.2, 0.25) is 0 Å². The van der Waals surface area contributed by atoms with E-state index in [0.717, 1.165) is 16.5 Å². The predicted molar refractivity (Wildman–Crippen MR) is 140 cm³/mol. The fourth-order valence-corrected chi connectivity index (χ4v) is 4.05. The molecule has 1 aromatic carbocycles. The van der Waals surface area contributed by atoms with E-state index in [1.54, 1.807) is 6.20 Å². The number of aliphatic carboxylic acids is 1. The van der Waals surface area contributed by atoms with E-state index in [1.807, 2.05) is 24.3 Å². The number of nitrogens with zero attached hydrogens (tertiary/aromatic N) is 1. The molecule has 3 amide bonds. The number of imidazole rings is 1. The molecule has 0 aliphatic rings. The molecule has 2 aromatic heterocycles. The first-order chi connectivity index (χ1) is 18.3. The van der Waals surface area contributed by atoms with E-state index >= 15 is 0 Å². The molecule has 3 unspecified atom stereocenters. The van der Waals surface area contributed by atoms with E-state index < -0.39 is 48.4 Å². The summed E-state index contributed by atoms with van der Waals surface area (Å²) in [5.41, 5.74) is 14.2. The Kier molecular flexibility index (Phi) is 10.4. The first-order valence-corrected chi connectivity index (χ1v) is 12.4. The topological polar surface area (TPSA) is 221 Å². The Labute approximate surface area is 219 Å². The second kappa shape index (κ2) is 13.9. The van der Waals surface area contributed by atoms with Crippen LogP contribution in [0.25, 0.3) is 10.9 Å². The molecule has 2 heterocycles. The number of aromatic amines is 2. The number of para-hydroxylation sites is 1. The molecule has 0 spiro atoms. The molecule has 10 N–H and O–H groups in total. The van der Waals surface area contributed by atoms with Crippen LogP contribution in [0.1, 0.15) is 30.5 Å². The summed E-state index contributed by atoms with van der Waals surface area (Å²) < 4.78 is 0. The summed E-state index contributed by atoms with van der Waals surface area (Å²) in [4.78, 5) is 59.7. The van der Waals surface area contributed by atoms with Gasteiger partial charge in [-0.2, -0.15) is 0 Å². The average Bonchev–Trinajstić information content (AvgIpc) is 3.56. The lowest BCUT2D eigenvalue weighted by Gasteiger charge is -2.24. The van der Waals surface area contributed by atoms with E-state index in [0.29, 0.717) is 25.1 Å². The molecule has 13 nitrogen and oxygen atoms in total.